The number of ether oxygens (including phenoxy) is 3. The number of carbonyl (C=O) groups is 3. The molecule has 1 aromatic carbocycles. The maximum absolute atomic E-state index is 12.3. The normalized spacial score (nSPS) is 21.1. The van der Waals surface area contributed by atoms with E-state index in [1.54, 1.807) is 31.4 Å². The number of imide groups is 1. The van der Waals surface area contributed by atoms with Crippen LogP contribution in [-0.4, -0.2) is 49.6 Å². The van der Waals surface area contributed by atoms with Gasteiger partial charge < -0.3 is 14.2 Å². The molecule has 3 rings (SSSR count). The number of benzene rings is 1. The molecule has 27 heavy (non-hydrogen) atoms. The molecule has 1 saturated heterocycles. The molecule has 0 bridgehead atoms. The third-order valence-electron chi connectivity index (χ3n) is 4.81. The van der Waals surface area contributed by atoms with Gasteiger partial charge in [-0.15, -0.1) is 0 Å². The number of amides is 2. The molecule has 1 aliphatic heterocycles. The van der Waals surface area contributed by atoms with Gasteiger partial charge in [0.2, 0.25) is 11.8 Å². The first-order valence-corrected chi connectivity index (χ1v) is 9.03. The van der Waals surface area contributed by atoms with E-state index in [-0.39, 0.29) is 49.8 Å². The molecule has 2 aliphatic rings. The average molecular weight is 373 g/mol. The highest BCUT2D eigenvalue weighted by atomic mass is 16.6. The van der Waals surface area contributed by atoms with Crippen LogP contribution >= 0.6 is 0 Å². The van der Waals surface area contributed by atoms with E-state index in [0.29, 0.717) is 18.6 Å². The zero-order chi connectivity index (χ0) is 19.2. The van der Waals surface area contributed by atoms with E-state index in [2.05, 4.69) is 0 Å². The number of carbonyl (C=O) groups excluding carboxylic acids is 3. The highest BCUT2D eigenvalue weighted by Crippen LogP contribution is 2.35. The number of hydrogen-bond donors (Lipinski definition) is 0. The van der Waals surface area contributed by atoms with E-state index in [1.807, 2.05) is 12.2 Å². The van der Waals surface area contributed by atoms with Crippen LogP contribution < -0.4 is 9.47 Å². The van der Waals surface area contributed by atoms with Gasteiger partial charge in [-0.2, -0.15) is 0 Å². The summed E-state index contributed by atoms with van der Waals surface area (Å²) in [6.07, 6.45) is 5.06. The lowest BCUT2D eigenvalue weighted by atomic mass is 9.85. The summed E-state index contributed by atoms with van der Waals surface area (Å²) in [4.78, 5) is 37.7. The fourth-order valence-electron chi connectivity index (χ4n) is 3.35. The topological polar surface area (TPSA) is 82.1 Å². The highest BCUT2D eigenvalue weighted by Gasteiger charge is 2.46. The molecule has 7 heteroatoms. The van der Waals surface area contributed by atoms with Crippen molar-refractivity contribution in [2.75, 3.05) is 26.9 Å². The molecule has 1 fully saturated rings. The minimum absolute atomic E-state index is 0.00706. The van der Waals surface area contributed by atoms with Crippen molar-refractivity contribution in [2.45, 2.75) is 19.3 Å². The van der Waals surface area contributed by atoms with Gasteiger partial charge in [0.15, 0.2) is 0 Å². The number of esters is 1. The lowest BCUT2D eigenvalue weighted by molar-refractivity contribution is -0.146. The van der Waals surface area contributed by atoms with E-state index < -0.39 is 5.97 Å². The van der Waals surface area contributed by atoms with E-state index in [0.717, 1.165) is 5.75 Å². The fraction of sp³-hybridized carbons (Fsp3) is 0.450. The summed E-state index contributed by atoms with van der Waals surface area (Å²) in [5, 5.41) is 0. The molecular formula is C20H23NO6. The first-order chi connectivity index (χ1) is 13.1. The number of hydrogen-bond acceptors (Lipinski definition) is 6. The largest absolute Gasteiger partial charge is 0.497 e. The second-order valence-electron chi connectivity index (χ2n) is 6.48. The molecule has 1 heterocycles. The van der Waals surface area contributed by atoms with E-state index in [4.69, 9.17) is 14.2 Å². The zero-order valence-electron chi connectivity index (χ0n) is 15.3. The predicted octanol–water partition coefficient (Wildman–Crippen LogP) is 1.96. The van der Waals surface area contributed by atoms with Crippen molar-refractivity contribution < 1.29 is 28.6 Å². The molecule has 0 radical (unpaired) electrons. The number of fused-ring (bicyclic) bond motifs is 1. The number of allylic oxidation sites excluding steroid dienone is 2. The summed E-state index contributed by atoms with van der Waals surface area (Å²) in [6.45, 7) is 0.389. The average Bonchev–Trinajstić information content (AvgIpc) is 2.94. The molecule has 2 atom stereocenters. The summed E-state index contributed by atoms with van der Waals surface area (Å²) in [6, 6.07) is 7.08. The zero-order valence-corrected chi connectivity index (χ0v) is 15.3. The third-order valence-corrected chi connectivity index (χ3v) is 4.81. The lowest BCUT2D eigenvalue weighted by Crippen LogP contribution is -2.33. The van der Waals surface area contributed by atoms with Gasteiger partial charge in [0.25, 0.3) is 0 Å². The fourth-order valence-corrected chi connectivity index (χ4v) is 3.35. The van der Waals surface area contributed by atoms with Gasteiger partial charge in [-0.25, -0.2) is 0 Å². The SMILES string of the molecule is COc1ccc(OCCOC(=O)CCN2C(=O)C3CC=CCC3C2=O)cc1. The number of nitrogens with zero attached hydrogens (tertiary/aromatic N) is 1. The minimum atomic E-state index is -0.457. The molecule has 0 saturated carbocycles. The molecule has 0 spiro atoms. The van der Waals surface area contributed by atoms with Crippen LogP contribution in [0.2, 0.25) is 0 Å². The summed E-state index contributed by atoms with van der Waals surface area (Å²) in [5.74, 6) is 0.0384. The first-order valence-electron chi connectivity index (χ1n) is 9.03. The van der Waals surface area contributed by atoms with E-state index in [1.165, 1.54) is 4.90 Å². The minimum Gasteiger partial charge on any atom is -0.497 e. The Hall–Kier alpha value is -2.83. The lowest BCUT2D eigenvalue weighted by Gasteiger charge is -2.14. The first kappa shape index (κ1) is 18.9. The van der Waals surface area contributed by atoms with Crippen molar-refractivity contribution in [3.05, 3.63) is 36.4 Å². The van der Waals surface area contributed by atoms with E-state index >= 15 is 0 Å². The number of likely N-dealkylation sites (tertiary alicyclic amines) is 1. The molecule has 7 nitrogen and oxygen atoms in total. The van der Waals surface area contributed by atoms with Gasteiger partial charge in [0.1, 0.15) is 24.7 Å². The predicted molar refractivity (Wildman–Crippen MR) is 96.1 cm³/mol. The Balaban J connectivity index is 1.36. The van der Waals surface area contributed by atoms with Crippen LogP contribution in [-0.2, 0) is 19.1 Å². The van der Waals surface area contributed by atoms with Gasteiger partial charge in [0.05, 0.1) is 25.4 Å². The van der Waals surface area contributed by atoms with Crippen molar-refractivity contribution in [3.63, 3.8) is 0 Å². The summed E-state index contributed by atoms with van der Waals surface area (Å²) >= 11 is 0. The summed E-state index contributed by atoms with van der Waals surface area (Å²) in [7, 11) is 1.59. The van der Waals surface area contributed by atoms with Crippen molar-refractivity contribution in [1.82, 2.24) is 4.90 Å². The van der Waals surface area contributed by atoms with Crippen LogP contribution in [0.5, 0.6) is 11.5 Å². The third kappa shape index (κ3) is 4.48. The van der Waals surface area contributed by atoms with Gasteiger partial charge in [0, 0.05) is 6.54 Å². The smallest absolute Gasteiger partial charge is 0.307 e. The summed E-state index contributed by atoms with van der Waals surface area (Å²) in [5.41, 5.74) is 0. The molecular weight excluding hydrogens is 350 g/mol. The molecule has 1 aromatic rings. The Labute approximate surface area is 157 Å². The molecule has 2 amide bonds. The Morgan fingerprint density at radius 3 is 2.19 bits per heavy atom. The Kier molecular flexibility index (Phi) is 6.11. The second kappa shape index (κ2) is 8.70. The maximum Gasteiger partial charge on any atom is 0.307 e. The summed E-state index contributed by atoms with van der Waals surface area (Å²) < 4.78 is 15.6. The second-order valence-corrected chi connectivity index (χ2v) is 6.48. The van der Waals surface area contributed by atoms with Crippen molar-refractivity contribution in [2.24, 2.45) is 11.8 Å². The highest BCUT2D eigenvalue weighted by molar-refractivity contribution is 6.05. The van der Waals surface area contributed by atoms with Crippen LogP contribution in [0.4, 0.5) is 0 Å². The molecule has 2 unspecified atom stereocenters. The van der Waals surface area contributed by atoms with Crippen molar-refractivity contribution in [1.29, 1.82) is 0 Å². The van der Waals surface area contributed by atoms with Crippen LogP contribution in [0.15, 0.2) is 36.4 Å². The van der Waals surface area contributed by atoms with E-state index in [9.17, 15) is 14.4 Å². The standard InChI is InChI=1S/C20H23NO6/c1-25-14-6-8-15(9-7-14)26-12-13-27-18(22)10-11-21-19(23)16-4-2-3-5-17(16)20(21)24/h2-3,6-9,16-17H,4-5,10-13H2,1H3. The molecule has 0 aromatic heterocycles. The Bertz CT molecular complexity index is 700. The molecule has 144 valence electrons. The maximum atomic E-state index is 12.3. The van der Waals surface area contributed by atoms with Gasteiger partial charge in [-0.3, -0.25) is 19.3 Å². The van der Waals surface area contributed by atoms with Crippen molar-refractivity contribution >= 4 is 17.8 Å². The van der Waals surface area contributed by atoms with Crippen LogP contribution in [0.1, 0.15) is 19.3 Å². The van der Waals surface area contributed by atoms with Crippen LogP contribution in [0, 0.1) is 11.8 Å². The molecule has 0 N–H and O–H groups in total. The van der Waals surface area contributed by atoms with Crippen LogP contribution in [0.3, 0.4) is 0 Å². The number of rotatable bonds is 8. The van der Waals surface area contributed by atoms with Gasteiger partial charge in [-0.1, -0.05) is 12.2 Å². The Morgan fingerprint density at radius 1 is 1.00 bits per heavy atom. The van der Waals surface area contributed by atoms with Gasteiger partial charge >= 0.3 is 5.97 Å². The quantitative estimate of drug-likeness (QED) is 0.300. The molecule has 1 aliphatic carbocycles. The van der Waals surface area contributed by atoms with Crippen molar-refractivity contribution in [3.8, 4) is 11.5 Å². The van der Waals surface area contributed by atoms with Gasteiger partial charge in [-0.05, 0) is 37.1 Å². The monoisotopic (exact) mass is 373 g/mol. The number of methoxy groups -OCH3 is 1. The Morgan fingerprint density at radius 2 is 1.59 bits per heavy atom. The van der Waals surface area contributed by atoms with Crippen LogP contribution in [0.25, 0.3) is 0 Å².